The van der Waals surface area contributed by atoms with Crippen LogP contribution in [0.4, 0.5) is 0 Å². The van der Waals surface area contributed by atoms with Gasteiger partial charge in [-0.3, -0.25) is 9.59 Å². The summed E-state index contributed by atoms with van der Waals surface area (Å²) >= 11 is 0. The van der Waals surface area contributed by atoms with Gasteiger partial charge >= 0.3 is 0 Å². The zero-order chi connectivity index (χ0) is 22.8. The normalized spacial score (nSPS) is 12.8. The molecule has 164 valence electrons. The van der Waals surface area contributed by atoms with E-state index in [1.165, 1.54) is 0 Å². The van der Waals surface area contributed by atoms with Crippen LogP contribution in [0.1, 0.15) is 48.5 Å². The third-order valence-electron chi connectivity index (χ3n) is 6.18. The Kier molecular flexibility index (Phi) is 5.99. The first-order valence-electron chi connectivity index (χ1n) is 10.7. The van der Waals surface area contributed by atoms with Gasteiger partial charge in [-0.1, -0.05) is 30.3 Å². The minimum atomic E-state index is -0.141. The lowest BCUT2D eigenvalue weighted by Crippen LogP contribution is -2.36. The summed E-state index contributed by atoms with van der Waals surface area (Å²) < 4.78 is 10.8. The quantitative estimate of drug-likeness (QED) is 0.549. The van der Waals surface area contributed by atoms with Crippen LogP contribution in [-0.4, -0.2) is 37.4 Å². The second-order valence-electron chi connectivity index (χ2n) is 8.13. The summed E-state index contributed by atoms with van der Waals surface area (Å²) in [6, 6.07) is 16.6. The summed E-state index contributed by atoms with van der Waals surface area (Å²) in [5, 5.41) is 0. The molecule has 1 aliphatic heterocycles. The number of carbonyl (C=O) groups is 2. The van der Waals surface area contributed by atoms with Crippen LogP contribution in [0.25, 0.3) is 0 Å². The van der Waals surface area contributed by atoms with Gasteiger partial charge in [-0.05, 0) is 66.8 Å². The maximum atomic E-state index is 13.5. The Labute approximate surface area is 188 Å². The van der Waals surface area contributed by atoms with Crippen molar-refractivity contribution in [3.05, 3.63) is 93.5 Å². The fourth-order valence-electron chi connectivity index (χ4n) is 4.13. The summed E-state index contributed by atoms with van der Waals surface area (Å²) in [5.41, 5.74) is 5.81. The molecule has 0 unspecified atom stereocenters. The molecule has 0 radical (unpaired) electrons. The van der Waals surface area contributed by atoms with Gasteiger partial charge in [0.2, 0.25) is 0 Å². The second kappa shape index (κ2) is 8.87. The Balaban J connectivity index is 1.64. The molecule has 5 nitrogen and oxygen atoms in total. The summed E-state index contributed by atoms with van der Waals surface area (Å²) in [7, 11) is 3.22. The fraction of sp³-hybridized carbons (Fsp3) is 0.259. The van der Waals surface area contributed by atoms with E-state index in [1.807, 2.05) is 44.2 Å². The molecule has 32 heavy (non-hydrogen) atoms. The molecule has 0 aromatic heterocycles. The van der Waals surface area contributed by atoms with Crippen LogP contribution in [0.2, 0.25) is 0 Å². The van der Waals surface area contributed by atoms with Crippen LogP contribution in [0.5, 0.6) is 11.5 Å². The number of ether oxygens (including phenoxy) is 2. The van der Waals surface area contributed by atoms with Crippen LogP contribution in [0.15, 0.2) is 54.6 Å². The predicted molar refractivity (Wildman–Crippen MR) is 124 cm³/mol. The minimum absolute atomic E-state index is 0.138. The van der Waals surface area contributed by atoms with E-state index < -0.39 is 0 Å². The van der Waals surface area contributed by atoms with Crippen LogP contribution in [0.3, 0.4) is 0 Å². The van der Waals surface area contributed by atoms with Crippen molar-refractivity contribution in [1.29, 1.82) is 0 Å². The monoisotopic (exact) mass is 429 g/mol. The van der Waals surface area contributed by atoms with Crippen molar-refractivity contribution in [1.82, 2.24) is 4.90 Å². The van der Waals surface area contributed by atoms with Crippen LogP contribution >= 0.6 is 0 Å². The highest BCUT2D eigenvalue weighted by molar-refractivity contribution is 6.15. The first-order valence-corrected chi connectivity index (χ1v) is 10.7. The third kappa shape index (κ3) is 3.98. The van der Waals surface area contributed by atoms with Crippen LogP contribution in [0, 0.1) is 13.8 Å². The molecule has 1 amide bonds. The number of ketones is 1. The van der Waals surface area contributed by atoms with Gasteiger partial charge in [0.15, 0.2) is 17.3 Å². The number of benzene rings is 3. The largest absolute Gasteiger partial charge is 0.493 e. The van der Waals surface area contributed by atoms with Gasteiger partial charge in [0, 0.05) is 24.2 Å². The van der Waals surface area contributed by atoms with Gasteiger partial charge in [0.1, 0.15) is 0 Å². The van der Waals surface area contributed by atoms with Crippen molar-refractivity contribution in [2.24, 2.45) is 0 Å². The van der Waals surface area contributed by atoms with Gasteiger partial charge in [-0.15, -0.1) is 0 Å². The molecule has 0 saturated heterocycles. The third-order valence-corrected chi connectivity index (χ3v) is 6.18. The molecule has 0 saturated carbocycles. The molecule has 4 rings (SSSR count). The van der Waals surface area contributed by atoms with E-state index in [1.54, 1.807) is 43.4 Å². The highest BCUT2D eigenvalue weighted by Gasteiger charge is 2.26. The molecule has 1 heterocycles. The number of carbonyl (C=O) groups excluding carboxylic acids is 2. The number of methoxy groups -OCH3 is 2. The van der Waals surface area contributed by atoms with Gasteiger partial charge in [-0.2, -0.15) is 0 Å². The van der Waals surface area contributed by atoms with E-state index in [4.69, 9.17) is 9.47 Å². The smallest absolute Gasteiger partial charge is 0.254 e. The summed E-state index contributed by atoms with van der Waals surface area (Å²) in [6.45, 7) is 5.03. The molecular formula is C27H27NO4. The van der Waals surface area contributed by atoms with Crippen molar-refractivity contribution in [2.75, 3.05) is 20.8 Å². The maximum Gasteiger partial charge on any atom is 0.254 e. The average molecular weight is 430 g/mol. The van der Waals surface area contributed by atoms with Crippen molar-refractivity contribution in [3.8, 4) is 11.5 Å². The molecule has 1 aliphatic rings. The molecule has 0 spiro atoms. The summed E-state index contributed by atoms with van der Waals surface area (Å²) in [4.78, 5) is 28.5. The van der Waals surface area contributed by atoms with Gasteiger partial charge in [0.25, 0.3) is 5.91 Å². The zero-order valence-corrected chi connectivity index (χ0v) is 18.9. The lowest BCUT2D eigenvalue weighted by Gasteiger charge is -2.30. The Morgan fingerprint density at radius 1 is 0.812 bits per heavy atom. The Hall–Kier alpha value is -3.60. The molecule has 0 atom stereocenters. The number of rotatable bonds is 5. The lowest BCUT2D eigenvalue weighted by atomic mass is 9.94. The number of fused-ring (bicyclic) bond motifs is 1. The van der Waals surface area contributed by atoms with Crippen molar-refractivity contribution in [3.63, 3.8) is 0 Å². The van der Waals surface area contributed by atoms with E-state index in [0.717, 1.165) is 22.3 Å². The number of aryl methyl sites for hydroxylation is 2. The zero-order valence-electron chi connectivity index (χ0n) is 18.9. The van der Waals surface area contributed by atoms with E-state index in [-0.39, 0.29) is 11.7 Å². The second-order valence-corrected chi connectivity index (χ2v) is 8.13. The molecule has 3 aromatic carbocycles. The van der Waals surface area contributed by atoms with Crippen LogP contribution in [-0.2, 0) is 13.0 Å². The van der Waals surface area contributed by atoms with Crippen molar-refractivity contribution >= 4 is 11.7 Å². The first-order chi connectivity index (χ1) is 15.4. The van der Waals surface area contributed by atoms with Crippen LogP contribution < -0.4 is 9.47 Å². The molecule has 3 aromatic rings. The van der Waals surface area contributed by atoms with E-state index in [2.05, 4.69) is 0 Å². The topological polar surface area (TPSA) is 55.8 Å². The van der Waals surface area contributed by atoms with Gasteiger partial charge < -0.3 is 14.4 Å². The molecule has 0 N–H and O–H groups in total. The SMILES string of the molecule is COc1cc2c(cc1OC)CN(C(=O)c1ccccc1C(=O)c1ccc(C)c(C)c1)CC2. The van der Waals surface area contributed by atoms with E-state index >= 15 is 0 Å². The Bertz CT molecular complexity index is 1200. The number of amides is 1. The van der Waals surface area contributed by atoms with E-state index in [0.29, 0.717) is 47.7 Å². The predicted octanol–water partition coefficient (Wildman–Crippen LogP) is 4.75. The number of hydrogen-bond acceptors (Lipinski definition) is 4. The van der Waals surface area contributed by atoms with Crippen molar-refractivity contribution in [2.45, 2.75) is 26.8 Å². The fourth-order valence-corrected chi connectivity index (χ4v) is 4.13. The van der Waals surface area contributed by atoms with Crippen molar-refractivity contribution < 1.29 is 19.1 Å². The molecule has 0 bridgehead atoms. The van der Waals surface area contributed by atoms with Gasteiger partial charge in [-0.25, -0.2) is 0 Å². The van der Waals surface area contributed by atoms with E-state index in [9.17, 15) is 9.59 Å². The maximum absolute atomic E-state index is 13.5. The standard InChI is InChI=1S/C27H27NO4/c1-17-9-10-20(13-18(17)2)26(29)22-7-5-6-8-23(22)27(30)28-12-11-19-14-24(31-3)25(32-4)15-21(19)16-28/h5-10,13-15H,11-12,16H2,1-4H3. The highest BCUT2D eigenvalue weighted by atomic mass is 16.5. The average Bonchev–Trinajstić information content (AvgIpc) is 2.83. The first kappa shape index (κ1) is 21.6. The molecular weight excluding hydrogens is 402 g/mol. The Morgan fingerprint density at radius 2 is 1.47 bits per heavy atom. The van der Waals surface area contributed by atoms with Gasteiger partial charge in [0.05, 0.1) is 19.8 Å². The molecule has 0 fully saturated rings. The number of nitrogens with zero attached hydrogens (tertiary/aromatic N) is 1. The highest BCUT2D eigenvalue weighted by Crippen LogP contribution is 2.33. The minimum Gasteiger partial charge on any atom is -0.493 e. The molecule has 0 aliphatic carbocycles. The molecule has 5 heteroatoms. The Morgan fingerprint density at radius 3 is 2.12 bits per heavy atom. The number of hydrogen-bond donors (Lipinski definition) is 0. The summed E-state index contributed by atoms with van der Waals surface area (Å²) in [6.07, 6.45) is 0.717. The summed E-state index contributed by atoms with van der Waals surface area (Å²) in [5.74, 6) is 1.06. The lowest BCUT2D eigenvalue weighted by molar-refractivity contribution is 0.0730.